The molecule has 1 aliphatic heterocycles. The minimum absolute atomic E-state index is 0.665. The van der Waals surface area contributed by atoms with Gasteiger partial charge < -0.3 is 10.6 Å². The Bertz CT molecular complexity index is 254. The van der Waals surface area contributed by atoms with E-state index in [1.807, 2.05) is 18.3 Å². The fourth-order valence-electron chi connectivity index (χ4n) is 1.78. The van der Waals surface area contributed by atoms with Gasteiger partial charge in [-0.05, 0) is 25.1 Å². The highest BCUT2D eigenvalue weighted by molar-refractivity contribution is 5.03. The molecule has 3 heteroatoms. The van der Waals surface area contributed by atoms with Crippen LogP contribution >= 0.6 is 0 Å². The fourth-order valence-corrected chi connectivity index (χ4v) is 1.78. The molecule has 3 nitrogen and oxygen atoms in total. The molecule has 1 atom stereocenters. The molecule has 0 aliphatic carbocycles. The zero-order valence-corrected chi connectivity index (χ0v) is 8.37. The second-order valence-electron chi connectivity index (χ2n) is 3.71. The topological polar surface area (TPSA) is 37.0 Å². The number of nitrogens with one attached hydrogen (secondary N) is 2. The van der Waals surface area contributed by atoms with E-state index in [0.717, 1.165) is 26.1 Å². The van der Waals surface area contributed by atoms with Gasteiger partial charge in [-0.2, -0.15) is 0 Å². The Balaban J connectivity index is 1.67. The molecule has 0 radical (unpaired) electrons. The third-order valence-corrected chi connectivity index (χ3v) is 2.60. The van der Waals surface area contributed by atoms with Crippen molar-refractivity contribution in [2.45, 2.75) is 18.9 Å². The Morgan fingerprint density at radius 3 is 3.21 bits per heavy atom. The normalized spacial score (nSPS) is 21.3. The summed E-state index contributed by atoms with van der Waals surface area (Å²) < 4.78 is 0. The third kappa shape index (κ3) is 2.79. The number of nitrogens with zero attached hydrogens (tertiary/aromatic N) is 1. The van der Waals surface area contributed by atoms with E-state index < -0.39 is 0 Å². The summed E-state index contributed by atoms with van der Waals surface area (Å²) in [4.78, 5) is 4.29. The van der Waals surface area contributed by atoms with Crippen LogP contribution in [0.5, 0.6) is 0 Å². The smallest absolute Gasteiger partial charge is 0.0416 e. The van der Waals surface area contributed by atoms with Crippen LogP contribution in [0.1, 0.15) is 12.1 Å². The number of pyridine rings is 1. The second kappa shape index (κ2) is 5.08. The van der Waals surface area contributed by atoms with E-state index in [1.54, 1.807) is 0 Å². The summed E-state index contributed by atoms with van der Waals surface area (Å²) in [5.41, 5.74) is 1.17. The van der Waals surface area contributed by atoms with Gasteiger partial charge in [-0.3, -0.25) is 4.98 Å². The minimum Gasteiger partial charge on any atom is -0.315 e. The standard InChI is InChI=1S/C11H17N3/c1-2-6-13-10(3-1)5-8-14-11-4-7-12-9-11/h1-3,6,11-12,14H,4-5,7-9H2. The van der Waals surface area contributed by atoms with E-state index >= 15 is 0 Å². The maximum atomic E-state index is 4.29. The second-order valence-corrected chi connectivity index (χ2v) is 3.71. The Morgan fingerprint density at radius 2 is 2.50 bits per heavy atom. The highest BCUT2D eigenvalue weighted by Gasteiger charge is 2.12. The molecule has 1 fully saturated rings. The zero-order valence-electron chi connectivity index (χ0n) is 8.37. The molecule has 1 aliphatic rings. The van der Waals surface area contributed by atoms with Crippen LogP contribution in [0.2, 0.25) is 0 Å². The molecule has 1 aromatic heterocycles. The molecule has 2 rings (SSSR count). The van der Waals surface area contributed by atoms with Gasteiger partial charge in [0.25, 0.3) is 0 Å². The van der Waals surface area contributed by atoms with Gasteiger partial charge in [0.05, 0.1) is 0 Å². The molecule has 1 unspecified atom stereocenters. The van der Waals surface area contributed by atoms with Crippen LogP contribution < -0.4 is 10.6 Å². The van der Waals surface area contributed by atoms with Crippen molar-refractivity contribution in [1.82, 2.24) is 15.6 Å². The van der Waals surface area contributed by atoms with Crippen molar-refractivity contribution in [3.63, 3.8) is 0 Å². The SMILES string of the molecule is c1ccc(CCNC2CCNC2)nc1. The largest absolute Gasteiger partial charge is 0.315 e. The molecule has 0 spiro atoms. The van der Waals surface area contributed by atoms with Gasteiger partial charge in [0, 0.05) is 37.4 Å². The monoisotopic (exact) mass is 191 g/mol. The van der Waals surface area contributed by atoms with Gasteiger partial charge in [-0.15, -0.1) is 0 Å². The predicted molar refractivity (Wildman–Crippen MR) is 57.2 cm³/mol. The summed E-state index contributed by atoms with van der Waals surface area (Å²) in [6, 6.07) is 6.74. The van der Waals surface area contributed by atoms with Crippen molar-refractivity contribution in [3.8, 4) is 0 Å². The molecule has 0 saturated carbocycles. The summed E-state index contributed by atoms with van der Waals surface area (Å²) in [6.45, 7) is 3.30. The van der Waals surface area contributed by atoms with Gasteiger partial charge in [-0.1, -0.05) is 6.07 Å². The van der Waals surface area contributed by atoms with E-state index in [0.29, 0.717) is 6.04 Å². The molecular formula is C11H17N3. The van der Waals surface area contributed by atoms with Crippen molar-refractivity contribution >= 4 is 0 Å². The average molecular weight is 191 g/mol. The lowest BCUT2D eigenvalue weighted by atomic mass is 10.2. The van der Waals surface area contributed by atoms with E-state index in [4.69, 9.17) is 0 Å². The van der Waals surface area contributed by atoms with Gasteiger partial charge in [0.1, 0.15) is 0 Å². The molecule has 2 heterocycles. The highest BCUT2D eigenvalue weighted by atomic mass is 15.0. The van der Waals surface area contributed by atoms with Crippen molar-refractivity contribution in [3.05, 3.63) is 30.1 Å². The van der Waals surface area contributed by atoms with Crippen molar-refractivity contribution in [2.75, 3.05) is 19.6 Å². The molecule has 0 aromatic carbocycles. The van der Waals surface area contributed by atoms with Crippen LogP contribution in [0.25, 0.3) is 0 Å². The van der Waals surface area contributed by atoms with E-state index in [-0.39, 0.29) is 0 Å². The zero-order chi connectivity index (χ0) is 9.64. The van der Waals surface area contributed by atoms with Gasteiger partial charge in [0.2, 0.25) is 0 Å². The quantitative estimate of drug-likeness (QED) is 0.731. The summed E-state index contributed by atoms with van der Waals surface area (Å²) >= 11 is 0. The molecule has 76 valence electrons. The maximum Gasteiger partial charge on any atom is 0.0416 e. The Labute approximate surface area is 84.9 Å². The molecule has 0 amide bonds. The molecule has 1 aromatic rings. The lowest BCUT2D eigenvalue weighted by molar-refractivity contribution is 0.548. The highest BCUT2D eigenvalue weighted by Crippen LogP contribution is 1.98. The fraction of sp³-hybridized carbons (Fsp3) is 0.545. The van der Waals surface area contributed by atoms with Crippen LogP contribution in [0.3, 0.4) is 0 Å². The Kier molecular flexibility index (Phi) is 3.49. The first-order valence-corrected chi connectivity index (χ1v) is 5.29. The van der Waals surface area contributed by atoms with Crippen molar-refractivity contribution in [2.24, 2.45) is 0 Å². The molecule has 0 bridgehead atoms. The lowest BCUT2D eigenvalue weighted by Crippen LogP contribution is -2.32. The first-order chi connectivity index (χ1) is 6.95. The molecule has 2 N–H and O–H groups in total. The van der Waals surface area contributed by atoms with E-state index in [1.165, 1.54) is 12.1 Å². The average Bonchev–Trinajstić information content (AvgIpc) is 2.72. The number of rotatable bonds is 4. The Morgan fingerprint density at radius 1 is 1.50 bits per heavy atom. The Hall–Kier alpha value is -0.930. The summed E-state index contributed by atoms with van der Waals surface area (Å²) in [7, 11) is 0. The van der Waals surface area contributed by atoms with Crippen molar-refractivity contribution in [1.29, 1.82) is 0 Å². The van der Waals surface area contributed by atoms with E-state index in [2.05, 4.69) is 21.7 Å². The first kappa shape index (κ1) is 9.62. The van der Waals surface area contributed by atoms with Crippen LogP contribution in [0.15, 0.2) is 24.4 Å². The van der Waals surface area contributed by atoms with Gasteiger partial charge in [0.15, 0.2) is 0 Å². The predicted octanol–water partition coefficient (Wildman–Crippen LogP) is 0.576. The number of hydrogen-bond acceptors (Lipinski definition) is 3. The third-order valence-electron chi connectivity index (χ3n) is 2.60. The summed E-state index contributed by atoms with van der Waals surface area (Å²) in [6.07, 6.45) is 4.13. The van der Waals surface area contributed by atoms with Crippen LogP contribution in [-0.2, 0) is 6.42 Å². The van der Waals surface area contributed by atoms with Gasteiger partial charge >= 0.3 is 0 Å². The number of aromatic nitrogens is 1. The van der Waals surface area contributed by atoms with Crippen molar-refractivity contribution < 1.29 is 0 Å². The summed E-state index contributed by atoms with van der Waals surface area (Å²) in [5.74, 6) is 0. The summed E-state index contributed by atoms with van der Waals surface area (Å²) in [5, 5.41) is 6.87. The first-order valence-electron chi connectivity index (χ1n) is 5.29. The van der Waals surface area contributed by atoms with Gasteiger partial charge in [-0.25, -0.2) is 0 Å². The molecular weight excluding hydrogens is 174 g/mol. The maximum absolute atomic E-state index is 4.29. The molecule has 1 saturated heterocycles. The number of hydrogen-bond donors (Lipinski definition) is 2. The molecule has 14 heavy (non-hydrogen) atoms. The van der Waals surface area contributed by atoms with Crippen LogP contribution in [0.4, 0.5) is 0 Å². The van der Waals surface area contributed by atoms with Crippen LogP contribution in [0, 0.1) is 0 Å². The van der Waals surface area contributed by atoms with Crippen LogP contribution in [-0.4, -0.2) is 30.7 Å². The lowest BCUT2D eigenvalue weighted by Gasteiger charge is -2.10. The minimum atomic E-state index is 0.665. The van der Waals surface area contributed by atoms with E-state index in [9.17, 15) is 0 Å².